The molecule has 4 heteroatoms. The molecule has 0 N–H and O–H groups in total. The Morgan fingerprint density at radius 3 is 2.75 bits per heavy atom. The Labute approximate surface area is 87.0 Å². The molecule has 2 nitrogen and oxygen atoms in total. The average molecular weight is 291 g/mol. The molecule has 1 aromatic carbocycles. The van der Waals surface area contributed by atoms with Gasteiger partial charge in [0.2, 0.25) is 6.08 Å². The molecular weight excluding hydrogens is 286 g/mol. The van der Waals surface area contributed by atoms with E-state index < -0.39 is 0 Å². The molecule has 1 aromatic rings. The van der Waals surface area contributed by atoms with Crippen molar-refractivity contribution in [2.75, 3.05) is 0 Å². The minimum atomic E-state index is 0.0896. The zero-order valence-corrected chi connectivity index (χ0v) is 9.17. The van der Waals surface area contributed by atoms with E-state index in [2.05, 4.69) is 36.9 Å². The van der Waals surface area contributed by atoms with Gasteiger partial charge in [0.1, 0.15) is 0 Å². The highest BCUT2D eigenvalue weighted by Crippen LogP contribution is 2.30. The number of halogens is 2. The Balaban J connectivity index is 3.03. The lowest BCUT2D eigenvalue weighted by Crippen LogP contribution is -1.77. The van der Waals surface area contributed by atoms with Gasteiger partial charge in [0, 0.05) is 0 Å². The molecule has 0 fully saturated rings. The van der Waals surface area contributed by atoms with Crippen molar-refractivity contribution in [3.8, 4) is 0 Å². The smallest absolute Gasteiger partial charge is 0.211 e. The summed E-state index contributed by atoms with van der Waals surface area (Å²) in [6.45, 7) is 0. The molecule has 62 valence electrons. The maximum Gasteiger partial charge on any atom is 0.240 e. The van der Waals surface area contributed by atoms with Gasteiger partial charge < -0.3 is 0 Å². The van der Waals surface area contributed by atoms with E-state index in [1.807, 2.05) is 12.1 Å². The number of alkyl halides is 2. The van der Waals surface area contributed by atoms with E-state index in [-0.39, 0.29) is 3.74 Å². The van der Waals surface area contributed by atoms with Crippen molar-refractivity contribution in [3.05, 3.63) is 29.8 Å². The van der Waals surface area contributed by atoms with E-state index >= 15 is 0 Å². The summed E-state index contributed by atoms with van der Waals surface area (Å²) >= 11 is 6.69. The van der Waals surface area contributed by atoms with Gasteiger partial charge in [-0.15, -0.1) is 0 Å². The lowest BCUT2D eigenvalue weighted by molar-refractivity contribution is 0.565. The van der Waals surface area contributed by atoms with Gasteiger partial charge in [-0.1, -0.05) is 44.0 Å². The van der Waals surface area contributed by atoms with Crippen LogP contribution in [0.2, 0.25) is 0 Å². The number of rotatable bonds is 2. The van der Waals surface area contributed by atoms with Crippen LogP contribution in [0.3, 0.4) is 0 Å². The van der Waals surface area contributed by atoms with Crippen LogP contribution in [0.1, 0.15) is 9.30 Å². The second-order valence-corrected chi connectivity index (χ2v) is 5.16. The Hall–Kier alpha value is -0.440. The van der Waals surface area contributed by atoms with E-state index in [4.69, 9.17) is 0 Å². The van der Waals surface area contributed by atoms with Crippen molar-refractivity contribution in [1.82, 2.24) is 0 Å². The molecule has 0 spiro atoms. The van der Waals surface area contributed by atoms with Crippen LogP contribution in [-0.2, 0) is 4.79 Å². The molecular formula is C8H5Br2NO. The maximum atomic E-state index is 9.94. The lowest BCUT2D eigenvalue weighted by Gasteiger charge is -2.00. The Bertz CT molecular complexity index is 319. The van der Waals surface area contributed by atoms with E-state index in [1.54, 1.807) is 12.1 Å². The zero-order valence-electron chi connectivity index (χ0n) is 6.00. The number of hydrogen-bond acceptors (Lipinski definition) is 2. The molecule has 0 saturated carbocycles. The van der Waals surface area contributed by atoms with Crippen molar-refractivity contribution in [2.24, 2.45) is 4.99 Å². The number of carbonyl (C=O) groups excluding carboxylic acids is 1. The minimum absolute atomic E-state index is 0.0896. The first kappa shape index (κ1) is 9.65. The van der Waals surface area contributed by atoms with Gasteiger partial charge in [-0.05, 0) is 17.7 Å². The Kier molecular flexibility index (Phi) is 3.66. The SMILES string of the molecule is O=C=Nc1cccc(C(Br)Br)c1. The quantitative estimate of drug-likeness (QED) is 0.466. The highest BCUT2D eigenvalue weighted by molar-refractivity contribution is 9.24. The van der Waals surface area contributed by atoms with E-state index in [0.717, 1.165) is 5.56 Å². The number of benzene rings is 1. The first-order chi connectivity index (χ1) is 5.74. The second-order valence-electron chi connectivity index (χ2n) is 2.10. The van der Waals surface area contributed by atoms with E-state index in [1.165, 1.54) is 6.08 Å². The third-order valence-corrected chi connectivity index (χ3v) is 2.35. The molecule has 0 bridgehead atoms. The zero-order chi connectivity index (χ0) is 8.97. The van der Waals surface area contributed by atoms with Crippen LogP contribution >= 0.6 is 31.9 Å². The van der Waals surface area contributed by atoms with Crippen LogP contribution in [0.15, 0.2) is 29.3 Å². The van der Waals surface area contributed by atoms with Crippen LogP contribution in [0.5, 0.6) is 0 Å². The normalized spacial score (nSPS) is 9.58. The third-order valence-electron chi connectivity index (χ3n) is 1.30. The van der Waals surface area contributed by atoms with Gasteiger partial charge in [-0.3, -0.25) is 0 Å². The average Bonchev–Trinajstić information content (AvgIpc) is 2.05. The summed E-state index contributed by atoms with van der Waals surface area (Å²) in [5.74, 6) is 0. The molecule has 1 rings (SSSR count). The lowest BCUT2D eigenvalue weighted by atomic mass is 10.2. The van der Waals surface area contributed by atoms with Crippen molar-refractivity contribution in [1.29, 1.82) is 0 Å². The van der Waals surface area contributed by atoms with Crippen LogP contribution in [0.25, 0.3) is 0 Å². The van der Waals surface area contributed by atoms with Crippen molar-refractivity contribution in [2.45, 2.75) is 3.74 Å². The number of isocyanates is 1. The topological polar surface area (TPSA) is 29.4 Å². The highest BCUT2D eigenvalue weighted by Gasteiger charge is 2.01. The summed E-state index contributed by atoms with van der Waals surface area (Å²) in [6, 6.07) is 7.31. The fourth-order valence-electron chi connectivity index (χ4n) is 0.783. The van der Waals surface area contributed by atoms with Gasteiger partial charge in [-0.25, -0.2) is 4.79 Å². The fourth-order valence-corrected chi connectivity index (χ4v) is 1.35. The first-order valence-electron chi connectivity index (χ1n) is 3.20. The highest BCUT2D eigenvalue weighted by atomic mass is 79.9. The number of hydrogen-bond donors (Lipinski definition) is 0. The summed E-state index contributed by atoms with van der Waals surface area (Å²) < 4.78 is 0.0896. The van der Waals surface area contributed by atoms with E-state index in [9.17, 15) is 4.79 Å². The van der Waals surface area contributed by atoms with E-state index in [0.29, 0.717) is 5.69 Å². The van der Waals surface area contributed by atoms with Crippen molar-refractivity contribution in [3.63, 3.8) is 0 Å². The third kappa shape index (κ3) is 2.55. The summed E-state index contributed by atoms with van der Waals surface area (Å²) in [4.78, 5) is 13.4. The molecule has 0 atom stereocenters. The monoisotopic (exact) mass is 289 g/mol. The van der Waals surface area contributed by atoms with Gasteiger partial charge >= 0.3 is 0 Å². The summed E-state index contributed by atoms with van der Waals surface area (Å²) in [7, 11) is 0. The molecule has 0 amide bonds. The summed E-state index contributed by atoms with van der Waals surface area (Å²) in [5, 5.41) is 0. The van der Waals surface area contributed by atoms with Gasteiger partial charge in [0.25, 0.3) is 0 Å². The van der Waals surface area contributed by atoms with Crippen LogP contribution in [0.4, 0.5) is 5.69 Å². The molecule has 0 unspecified atom stereocenters. The molecule has 12 heavy (non-hydrogen) atoms. The molecule has 0 radical (unpaired) electrons. The van der Waals surface area contributed by atoms with Crippen molar-refractivity contribution < 1.29 is 4.79 Å². The number of aliphatic imine (C=N–C) groups is 1. The second kappa shape index (κ2) is 4.55. The molecule has 0 heterocycles. The maximum absolute atomic E-state index is 9.94. The largest absolute Gasteiger partial charge is 0.240 e. The predicted molar refractivity (Wildman–Crippen MR) is 54.8 cm³/mol. The van der Waals surface area contributed by atoms with Crippen LogP contribution in [-0.4, -0.2) is 6.08 Å². The van der Waals surface area contributed by atoms with Gasteiger partial charge in [0.05, 0.1) is 9.42 Å². The first-order valence-corrected chi connectivity index (χ1v) is 5.03. The molecule has 0 aromatic heterocycles. The van der Waals surface area contributed by atoms with Crippen molar-refractivity contribution >= 4 is 43.6 Å². The minimum Gasteiger partial charge on any atom is -0.211 e. The molecule has 0 saturated heterocycles. The molecule has 0 aliphatic heterocycles. The van der Waals surface area contributed by atoms with Crippen LogP contribution in [0, 0.1) is 0 Å². The Morgan fingerprint density at radius 1 is 1.42 bits per heavy atom. The Morgan fingerprint density at radius 2 is 2.17 bits per heavy atom. The van der Waals surface area contributed by atoms with Gasteiger partial charge in [0.15, 0.2) is 0 Å². The van der Waals surface area contributed by atoms with Gasteiger partial charge in [-0.2, -0.15) is 4.99 Å². The number of nitrogens with zero attached hydrogens (tertiary/aromatic N) is 1. The molecule has 0 aliphatic rings. The molecule has 0 aliphatic carbocycles. The predicted octanol–water partition coefficient (Wildman–Crippen LogP) is 3.44. The summed E-state index contributed by atoms with van der Waals surface area (Å²) in [5.41, 5.74) is 1.64. The van der Waals surface area contributed by atoms with Crippen LogP contribution < -0.4 is 0 Å². The standard InChI is InChI=1S/C8H5Br2NO/c9-8(10)6-2-1-3-7(4-6)11-5-12/h1-4,8H. The summed E-state index contributed by atoms with van der Waals surface area (Å²) in [6.07, 6.45) is 1.49. The fraction of sp³-hybridized carbons (Fsp3) is 0.125.